The van der Waals surface area contributed by atoms with Crippen molar-refractivity contribution in [3.8, 4) is 11.1 Å². The SMILES string of the molecule is N=N/C(=C\NCCCCCCCCNSc1ccccc1-c1ccccc1)c1cccnc1. The van der Waals surface area contributed by atoms with Crippen LogP contribution in [0.15, 0.2) is 95.3 Å². The fraction of sp³-hybridized carbons (Fsp3) is 0.296. The van der Waals surface area contributed by atoms with Gasteiger partial charge in [-0.2, -0.15) is 5.11 Å². The highest BCUT2D eigenvalue weighted by atomic mass is 32.2. The van der Waals surface area contributed by atoms with Crippen molar-refractivity contribution < 1.29 is 0 Å². The van der Waals surface area contributed by atoms with Crippen molar-refractivity contribution in [1.29, 1.82) is 5.53 Å². The molecule has 0 aliphatic carbocycles. The van der Waals surface area contributed by atoms with E-state index in [1.165, 1.54) is 48.1 Å². The Hall–Kier alpha value is -2.96. The third kappa shape index (κ3) is 8.83. The molecule has 3 rings (SSSR count). The molecule has 0 spiro atoms. The van der Waals surface area contributed by atoms with Gasteiger partial charge < -0.3 is 5.32 Å². The van der Waals surface area contributed by atoms with Crippen LogP contribution in [0.1, 0.15) is 44.1 Å². The van der Waals surface area contributed by atoms with Crippen LogP contribution in [0.25, 0.3) is 16.8 Å². The molecule has 0 aliphatic rings. The lowest BCUT2D eigenvalue weighted by atomic mass is 10.1. The molecule has 0 saturated carbocycles. The second-order valence-electron chi connectivity index (χ2n) is 7.82. The van der Waals surface area contributed by atoms with Gasteiger partial charge in [-0.1, -0.05) is 74.2 Å². The normalized spacial score (nSPS) is 11.3. The quantitative estimate of drug-likeness (QED) is 0.127. The first-order chi connectivity index (χ1) is 16.4. The van der Waals surface area contributed by atoms with E-state index < -0.39 is 0 Å². The third-order valence-corrected chi connectivity index (χ3v) is 6.24. The van der Waals surface area contributed by atoms with Crippen LogP contribution in [0, 0.1) is 5.53 Å². The van der Waals surface area contributed by atoms with Crippen molar-refractivity contribution in [3.05, 3.63) is 90.9 Å². The average Bonchev–Trinajstić information content (AvgIpc) is 2.88. The van der Waals surface area contributed by atoms with Crippen molar-refractivity contribution in [2.24, 2.45) is 5.11 Å². The number of benzene rings is 2. The molecule has 0 saturated heterocycles. The maximum absolute atomic E-state index is 7.32. The Bertz CT molecular complexity index is 976. The Morgan fingerprint density at radius 1 is 0.848 bits per heavy atom. The smallest absolute Gasteiger partial charge is 0.109 e. The van der Waals surface area contributed by atoms with Crippen LogP contribution < -0.4 is 10.0 Å². The first kappa shape index (κ1) is 24.7. The van der Waals surface area contributed by atoms with Crippen LogP contribution in [-0.2, 0) is 0 Å². The standard InChI is InChI=1S/C27H33N5S/c28-32-26(24-15-12-19-29-21-24)22-30-18-10-3-1-2-4-11-20-31-33-27-17-9-8-16-25(27)23-13-6-5-7-14-23/h5-9,12-17,19,21-22,28,30-31H,1-4,10-11,18,20H2/b26-22-,32-28?. The Kier molecular flexibility index (Phi) is 11.2. The van der Waals surface area contributed by atoms with Gasteiger partial charge >= 0.3 is 0 Å². The fourth-order valence-corrected chi connectivity index (χ4v) is 4.38. The molecule has 0 radical (unpaired) electrons. The zero-order valence-corrected chi connectivity index (χ0v) is 19.9. The molecular formula is C27H33N5S. The zero-order chi connectivity index (χ0) is 23.0. The van der Waals surface area contributed by atoms with Gasteiger partial charge in [-0.05, 0) is 54.1 Å². The predicted molar refractivity (Wildman–Crippen MR) is 139 cm³/mol. The number of unbranched alkanes of at least 4 members (excludes halogenated alkanes) is 5. The summed E-state index contributed by atoms with van der Waals surface area (Å²) in [5, 5.41) is 6.85. The molecule has 1 aromatic heterocycles. The van der Waals surface area contributed by atoms with E-state index in [1.54, 1.807) is 24.3 Å². The Balaban J connectivity index is 1.22. The van der Waals surface area contributed by atoms with E-state index >= 15 is 0 Å². The summed E-state index contributed by atoms with van der Waals surface area (Å²) >= 11 is 1.73. The van der Waals surface area contributed by atoms with Crippen LogP contribution >= 0.6 is 11.9 Å². The van der Waals surface area contributed by atoms with E-state index in [9.17, 15) is 0 Å². The van der Waals surface area contributed by atoms with Gasteiger partial charge in [0.2, 0.25) is 0 Å². The summed E-state index contributed by atoms with van der Waals surface area (Å²) in [4.78, 5) is 5.35. The highest BCUT2D eigenvalue weighted by Gasteiger charge is 2.04. The van der Waals surface area contributed by atoms with Gasteiger partial charge in [0.15, 0.2) is 0 Å². The summed E-state index contributed by atoms with van der Waals surface area (Å²) in [6.45, 7) is 1.92. The summed E-state index contributed by atoms with van der Waals surface area (Å²) in [5.41, 5.74) is 11.3. The van der Waals surface area contributed by atoms with E-state index in [0.717, 1.165) is 25.1 Å². The van der Waals surface area contributed by atoms with Crippen molar-refractivity contribution in [2.45, 2.75) is 43.4 Å². The molecule has 0 aliphatic heterocycles. The summed E-state index contributed by atoms with van der Waals surface area (Å²) in [5.74, 6) is 0. The molecule has 1 heterocycles. The van der Waals surface area contributed by atoms with Crippen LogP contribution in [0.2, 0.25) is 0 Å². The van der Waals surface area contributed by atoms with Crippen LogP contribution in [-0.4, -0.2) is 18.1 Å². The van der Waals surface area contributed by atoms with E-state index in [2.05, 4.69) is 74.7 Å². The molecule has 0 amide bonds. The molecule has 0 fully saturated rings. The van der Waals surface area contributed by atoms with Crippen molar-refractivity contribution in [2.75, 3.05) is 13.1 Å². The van der Waals surface area contributed by atoms with E-state index in [1.807, 2.05) is 18.3 Å². The summed E-state index contributed by atoms with van der Waals surface area (Å²) in [6.07, 6.45) is 12.6. The summed E-state index contributed by atoms with van der Waals surface area (Å²) in [6, 6.07) is 22.9. The molecule has 0 unspecified atom stereocenters. The van der Waals surface area contributed by atoms with Crippen LogP contribution in [0.3, 0.4) is 0 Å². The first-order valence-electron chi connectivity index (χ1n) is 11.6. The Morgan fingerprint density at radius 2 is 1.58 bits per heavy atom. The number of hydrogen-bond donors (Lipinski definition) is 3. The second-order valence-corrected chi connectivity index (χ2v) is 8.75. The highest BCUT2D eigenvalue weighted by molar-refractivity contribution is 7.97. The van der Waals surface area contributed by atoms with Gasteiger partial charge in [-0.25, -0.2) is 5.53 Å². The fourth-order valence-electron chi connectivity index (χ4n) is 3.54. The highest BCUT2D eigenvalue weighted by Crippen LogP contribution is 2.29. The lowest BCUT2D eigenvalue weighted by molar-refractivity contribution is 0.586. The molecule has 3 aromatic rings. The van der Waals surface area contributed by atoms with Crippen molar-refractivity contribution in [3.63, 3.8) is 0 Å². The first-order valence-corrected chi connectivity index (χ1v) is 12.5. The Morgan fingerprint density at radius 3 is 2.33 bits per heavy atom. The van der Waals surface area contributed by atoms with Crippen LogP contribution in [0.4, 0.5) is 0 Å². The minimum Gasteiger partial charge on any atom is -0.389 e. The lowest BCUT2D eigenvalue weighted by Crippen LogP contribution is -2.08. The van der Waals surface area contributed by atoms with Crippen molar-refractivity contribution in [1.82, 2.24) is 15.0 Å². The third-order valence-electron chi connectivity index (χ3n) is 5.32. The average molecular weight is 460 g/mol. The number of aromatic nitrogens is 1. The van der Waals surface area contributed by atoms with Crippen LogP contribution in [0.5, 0.6) is 0 Å². The molecule has 0 bridgehead atoms. The number of hydrogen-bond acceptors (Lipinski definition) is 6. The van der Waals surface area contributed by atoms with Gasteiger partial charge in [0.05, 0.1) is 0 Å². The monoisotopic (exact) mass is 459 g/mol. The molecule has 0 atom stereocenters. The molecule has 3 N–H and O–H groups in total. The molecule has 33 heavy (non-hydrogen) atoms. The van der Waals surface area contributed by atoms with E-state index in [4.69, 9.17) is 5.53 Å². The second kappa shape index (κ2) is 15.0. The molecule has 2 aromatic carbocycles. The maximum Gasteiger partial charge on any atom is 0.109 e. The molecule has 5 nitrogen and oxygen atoms in total. The van der Waals surface area contributed by atoms with Crippen molar-refractivity contribution >= 4 is 17.6 Å². The van der Waals surface area contributed by atoms with Gasteiger partial charge in [0, 0.05) is 42.1 Å². The zero-order valence-electron chi connectivity index (χ0n) is 19.0. The number of nitrogens with one attached hydrogen (secondary N) is 3. The molecular weight excluding hydrogens is 426 g/mol. The van der Waals surface area contributed by atoms with Gasteiger partial charge in [0.25, 0.3) is 0 Å². The number of nitrogens with zero attached hydrogens (tertiary/aromatic N) is 2. The van der Waals surface area contributed by atoms with Gasteiger partial charge in [-0.3, -0.25) is 9.71 Å². The van der Waals surface area contributed by atoms with Gasteiger partial charge in [0.1, 0.15) is 5.70 Å². The van der Waals surface area contributed by atoms with Gasteiger partial charge in [-0.15, -0.1) is 0 Å². The minimum absolute atomic E-state index is 0.611. The number of pyridine rings is 1. The minimum atomic E-state index is 0.611. The topological polar surface area (TPSA) is 73.2 Å². The van der Waals surface area contributed by atoms with E-state index in [-0.39, 0.29) is 0 Å². The summed E-state index contributed by atoms with van der Waals surface area (Å²) in [7, 11) is 0. The Labute approximate surface area is 201 Å². The number of rotatable bonds is 15. The molecule has 172 valence electrons. The maximum atomic E-state index is 7.32. The predicted octanol–water partition coefficient (Wildman–Crippen LogP) is 7.31. The lowest BCUT2D eigenvalue weighted by Gasteiger charge is -2.10. The largest absolute Gasteiger partial charge is 0.389 e. The van der Waals surface area contributed by atoms with E-state index in [0.29, 0.717) is 5.70 Å². The summed E-state index contributed by atoms with van der Waals surface area (Å²) < 4.78 is 3.53. The molecule has 6 heteroatoms.